The van der Waals surface area contributed by atoms with Crippen molar-refractivity contribution in [2.75, 3.05) is 11.1 Å². The van der Waals surface area contributed by atoms with Gasteiger partial charge in [-0.1, -0.05) is 12.1 Å². The molecule has 1 amide bonds. The van der Waals surface area contributed by atoms with Crippen molar-refractivity contribution in [1.82, 2.24) is 10.2 Å². The normalized spacial score (nSPS) is 10.2. The van der Waals surface area contributed by atoms with E-state index in [2.05, 4.69) is 15.5 Å². The van der Waals surface area contributed by atoms with E-state index in [1.807, 2.05) is 32.0 Å². The van der Waals surface area contributed by atoms with E-state index < -0.39 is 0 Å². The standard InChI is InChI=1S/C12H14N4O/c1-7-4-3-5-10(8(7)2)15-12(17)11-9(13)6-14-16-11/h3-6H,13H2,1-2H3,(H,14,16)(H,15,17). The molecule has 0 radical (unpaired) electrons. The number of carbonyl (C=O) groups excluding carboxylic acids is 1. The third-order valence-electron chi connectivity index (χ3n) is 2.75. The summed E-state index contributed by atoms with van der Waals surface area (Å²) in [6.45, 7) is 3.96. The lowest BCUT2D eigenvalue weighted by Crippen LogP contribution is -2.15. The van der Waals surface area contributed by atoms with Crippen LogP contribution >= 0.6 is 0 Å². The minimum absolute atomic E-state index is 0.283. The average Bonchev–Trinajstić information content (AvgIpc) is 2.71. The number of aryl methyl sites for hydroxylation is 1. The molecular formula is C12H14N4O. The number of carbonyl (C=O) groups is 1. The van der Waals surface area contributed by atoms with E-state index in [-0.39, 0.29) is 11.6 Å². The van der Waals surface area contributed by atoms with Gasteiger partial charge in [-0.05, 0) is 31.0 Å². The smallest absolute Gasteiger partial charge is 0.275 e. The summed E-state index contributed by atoms with van der Waals surface area (Å²) in [5.41, 5.74) is 9.18. The highest BCUT2D eigenvalue weighted by Crippen LogP contribution is 2.19. The molecule has 0 unspecified atom stereocenters. The number of nitrogens with zero attached hydrogens (tertiary/aromatic N) is 1. The van der Waals surface area contributed by atoms with E-state index in [0.717, 1.165) is 16.8 Å². The predicted molar refractivity (Wildman–Crippen MR) is 66.9 cm³/mol. The van der Waals surface area contributed by atoms with Gasteiger partial charge in [0, 0.05) is 5.69 Å². The Hall–Kier alpha value is -2.30. The second-order valence-electron chi connectivity index (χ2n) is 3.90. The van der Waals surface area contributed by atoms with Gasteiger partial charge in [-0.2, -0.15) is 5.10 Å². The number of nitrogens with two attached hydrogens (primary N) is 1. The summed E-state index contributed by atoms with van der Waals surface area (Å²) < 4.78 is 0. The number of nitrogens with one attached hydrogen (secondary N) is 2. The lowest BCUT2D eigenvalue weighted by atomic mass is 10.1. The largest absolute Gasteiger partial charge is 0.396 e. The number of amides is 1. The molecule has 17 heavy (non-hydrogen) atoms. The number of hydrogen-bond donors (Lipinski definition) is 3. The third kappa shape index (κ3) is 2.13. The summed E-state index contributed by atoms with van der Waals surface area (Å²) in [6.07, 6.45) is 1.41. The van der Waals surface area contributed by atoms with Crippen molar-refractivity contribution in [3.05, 3.63) is 41.2 Å². The van der Waals surface area contributed by atoms with Gasteiger partial charge in [0.05, 0.1) is 11.9 Å². The zero-order chi connectivity index (χ0) is 12.4. The molecule has 0 fully saturated rings. The van der Waals surface area contributed by atoms with Gasteiger partial charge in [-0.25, -0.2) is 0 Å². The molecule has 1 heterocycles. The van der Waals surface area contributed by atoms with Gasteiger partial charge >= 0.3 is 0 Å². The first-order valence-electron chi connectivity index (χ1n) is 5.26. The molecule has 2 rings (SSSR count). The van der Waals surface area contributed by atoms with Gasteiger partial charge in [0.1, 0.15) is 5.69 Å². The van der Waals surface area contributed by atoms with Crippen molar-refractivity contribution in [2.24, 2.45) is 0 Å². The molecule has 4 N–H and O–H groups in total. The fraction of sp³-hybridized carbons (Fsp3) is 0.167. The van der Waals surface area contributed by atoms with Crippen LogP contribution < -0.4 is 11.1 Å². The maximum atomic E-state index is 11.9. The van der Waals surface area contributed by atoms with Gasteiger partial charge in [-0.3, -0.25) is 9.89 Å². The first kappa shape index (κ1) is 11.2. The van der Waals surface area contributed by atoms with Crippen molar-refractivity contribution < 1.29 is 4.79 Å². The van der Waals surface area contributed by atoms with Crippen molar-refractivity contribution in [3.63, 3.8) is 0 Å². The monoisotopic (exact) mass is 230 g/mol. The van der Waals surface area contributed by atoms with E-state index in [1.165, 1.54) is 6.20 Å². The molecule has 0 bridgehead atoms. The van der Waals surface area contributed by atoms with Gasteiger partial charge in [0.15, 0.2) is 0 Å². The van der Waals surface area contributed by atoms with Gasteiger partial charge in [-0.15, -0.1) is 0 Å². The summed E-state index contributed by atoms with van der Waals surface area (Å²) in [5, 5.41) is 9.09. The molecule has 0 atom stereocenters. The Morgan fingerprint density at radius 1 is 1.41 bits per heavy atom. The minimum Gasteiger partial charge on any atom is -0.396 e. The average molecular weight is 230 g/mol. The molecule has 0 saturated heterocycles. The number of benzene rings is 1. The van der Waals surface area contributed by atoms with E-state index in [9.17, 15) is 4.79 Å². The van der Waals surface area contributed by atoms with Crippen LogP contribution in [0.25, 0.3) is 0 Å². The Balaban J connectivity index is 2.25. The van der Waals surface area contributed by atoms with Gasteiger partial charge in [0.25, 0.3) is 5.91 Å². The molecule has 5 heteroatoms. The van der Waals surface area contributed by atoms with Crippen LogP contribution in [-0.4, -0.2) is 16.1 Å². The second-order valence-corrected chi connectivity index (χ2v) is 3.90. The van der Waals surface area contributed by atoms with E-state index in [0.29, 0.717) is 5.69 Å². The lowest BCUT2D eigenvalue weighted by Gasteiger charge is -2.09. The number of nitrogen functional groups attached to an aromatic ring is 1. The van der Waals surface area contributed by atoms with Crippen LogP contribution in [0.4, 0.5) is 11.4 Å². The van der Waals surface area contributed by atoms with E-state index >= 15 is 0 Å². The Kier molecular flexibility index (Phi) is 2.82. The number of rotatable bonds is 2. The van der Waals surface area contributed by atoms with Crippen molar-refractivity contribution in [3.8, 4) is 0 Å². The predicted octanol–water partition coefficient (Wildman–Crippen LogP) is 1.86. The number of H-pyrrole nitrogens is 1. The molecule has 0 spiro atoms. The minimum atomic E-state index is -0.284. The van der Waals surface area contributed by atoms with Crippen LogP contribution in [0.3, 0.4) is 0 Å². The SMILES string of the molecule is Cc1cccc(NC(=O)c2[nH]ncc2N)c1C. The highest BCUT2D eigenvalue weighted by atomic mass is 16.2. The number of anilines is 2. The van der Waals surface area contributed by atoms with E-state index in [1.54, 1.807) is 0 Å². The van der Waals surface area contributed by atoms with Crippen molar-refractivity contribution in [1.29, 1.82) is 0 Å². The number of hydrogen-bond acceptors (Lipinski definition) is 3. The first-order valence-corrected chi connectivity index (χ1v) is 5.26. The quantitative estimate of drug-likeness (QED) is 0.736. The van der Waals surface area contributed by atoms with Crippen molar-refractivity contribution in [2.45, 2.75) is 13.8 Å². The molecule has 5 nitrogen and oxygen atoms in total. The Morgan fingerprint density at radius 3 is 2.82 bits per heavy atom. The van der Waals surface area contributed by atoms with Gasteiger partial charge in [0.2, 0.25) is 0 Å². The molecule has 0 aliphatic carbocycles. The topological polar surface area (TPSA) is 83.8 Å². The zero-order valence-electron chi connectivity index (χ0n) is 9.74. The molecule has 0 aliphatic heterocycles. The van der Waals surface area contributed by atoms with Crippen LogP contribution in [0.2, 0.25) is 0 Å². The molecule has 0 aliphatic rings. The first-order chi connectivity index (χ1) is 8.09. The Labute approximate surface area is 99.0 Å². The van der Waals surface area contributed by atoms with Crippen LogP contribution in [-0.2, 0) is 0 Å². The molecule has 0 saturated carbocycles. The van der Waals surface area contributed by atoms with Crippen molar-refractivity contribution >= 4 is 17.3 Å². The second kappa shape index (κ2) is 4.29. The van der Waals surface area contributed by atoms with Crippen LogP contribution in [0.15, 0.2) is 24.4 Å². The Morgan fingerprint density at radius 2 is 2.18 bits per heavy atom. The fourth-order valence-corrected chi connectivity index (χ4v) is 1.55. The van der Waals surface area contributed by atoms with Crippen LogP contribution in [0.1, 0.15) is 21.6 Å². The summed E-state index contributed by atoms with van der Waals surface area (Å²) in [4.78, 5) is 11.9. The maximum absolute atomic E-state index is 11.9. The zero-order valence-corrected chi connectivity index (χ0v) is 9.74. The summed E-state index contributed by atoms with van der Waals surface area (Å²) in [5.74, 6) is -0.284. The highest BCUT2D eigenvalue weighted by molar-refractivity contribution is 6.06. The summed E-state index contributed by atoms with van der Waals surface area (Å²) in [7, 11) is 0. The highest BCUT2D eigenvalue weighted by Gasteiger charge is 2.12. The molecular weight excluding hydrogens is 216 g/mol. The summed E-state index contributed by atoms with van der Waals surface area (Å²) in [6, 6.07) is 5.75. The molecule has 2 aromatic rings. The summed E-state index contributed by atoms with van der Waals surface area (Å²) >= 11 is 0. The molecule has 1 aromatic heterocycles. The number of aromatic nitrogens is 2. The van der Waals surface area contributed by atoms with Crippen LogP contribution in [0.5, 0.6) is 0 Å². The maximum Gasteiger partial charge on any atom is 0.275 e. The van der Waals surface area contributed by atoms with Gasteiger partial charge < -0.3 is 11.1 Å². The molecule has 1 aromatic carbocycles. The third-order valence-corrected chi connectivity index (χ3v) is 2.75. The van der Waals surface area contributed by atoms with Crippen LogP contribution in [0, 0.1) is 13.8 Å². The fourth-order valence-electron chi connectivity index (χ4n) is 1.55. The Bertz CT molecular complexity index is 559. The lowest BCUT2D eigenvalue weighted by molar-refractivity contribution is 0.102. The number of aromatic amines is 1. The van der Waals surface area contributed by atoms with E-state index in [4.69, 9.17) is 5.73 Å². The molecule has 88 valence electrons.